The topological polar surface area (TPSA) is 83.1 Å². The van der Waals surface area contributed by atoms with Crippen molar-refractivity contribution in [1.82, 2.24) is 5.32 Å². The Hall–Kier alpha value is -5.56. The number of carbonyl (C=O) groups is 2. The van der Waals surface area contributed by atoms with Crippen LogP contribution < -0.4 is 19.5 Å². The Bertz CT molecular complexity index is 1660. The predicted molar refractivity (Wildman–Crippen MR) is 172 cm³/mol. The second-order valence-electron chi connectivity index (χ2n) is 10.4. The quantitative estimate of drug-likeness (QED) is 0.139. The summed E-state index contributed by atoms with van der Waals surface area (Å²) in [6.45, 7) is 1.28. The van der Waals surface area contributed by atoms with Gasteiger partial charge in [0.2, 0.25) is 0 Å². The number of esters is 1. The molecule has 0 bridgehead atoms. The van der Waals surface area contributed by atoms with E-state index >= 15 is 0 Å². The summed E-state index contributed by atoms with van der Waals surface area (Å²) in [5.74, 6) is 1.09. The molecular formula is C38H35NO6. The van der Waals surface area contributed by atoms with Crippen LogP contribution in [0.25, 0.3) is 0 Å². The van der Waals surface area contributed by atoms with E-state index in [0.29, 0.717) is 36.9 Å². The molecule has 0 heterocycles. The van der Waals surface area contributed by atoms with Crippen LogP contribution >= 0.6 is 0 Å². The Kier molecular flexibility index (Phi) is 10.8. The number of amides is 1. The molecule has 0 fully saturated rings. The van der Waals surface area contributed by atoms with Crippen LogP contribution in [0.4, 0.5) is 0 Å². The minimum atomic E-state index is -0.870. The minimum Gasteiger partial charge on any atom is -0.489 e. The van der Waals surface area contributed by atoms with E-state index in [1.807, 2.05) is 109 Å². The highest BCUT2D eigenvalue weighted by atomic mass is 16.5. The summed E-state index contributed by atoms with van der Waals surface area (Å²) < 4.78 is 22.6. The number of hydrogen-bond acceptors (Lipinski definition) is 6. The van der Waals surface area contributed by atoms with Gasteiger partial charge in [0.1, 0.15) is 43.1 Å². The van der Waals surface area contributed by atoms with Crippen LogP contribution in [0.15, 0.2) is 133 Å². The maximum Gasteiger partial charge on any atom is 0.328 e. The largest absolute Gasteiger partial charge is 0.489 e. The van der Waals surface area contributed by atoms with Gasteiger partial charge in [-0.05, 0) is 64.7 Å². The highest BCUT2D eigenvalue weighted by molar-refractivity contribution is 5.97. The predicted octanol–water partition coefficient (Wildman–Crippen LogP) is 6.94. The second kappa shape index (κ2) is 15.8. The molecule has 0 aromatic heterocycles. The van der Waals surface area contributed by atoms with Crippen molar-refractivity contribution in [2.24, 2.45) is 0 Å². The molecular weight excluding hydrogens is 566 g/mol. The van der Waals surface area contributed by atoms with Crippen LogP contribution in [0, 0.1) is 0 Å². The third-order valence-electron chi connectivity index (χ3n) is 7.08. The molecule has 5 rings (SSSR count). The van der Waals surface area contributed by atoms with Crippen LogP contribution in [0.5, 0.6) is 17.2 Å². The van der Waals surface area contributed by atoms with Gasteiger partial charge in [0.15, 0.2) is 0 Å². The van der Waals surface area contributed by atoms with Gasteiger partial charge in [-0.25, -0.2) is 4.79 Å². The van der Waals surface area contributed by atoms with Crippen molar-refractivity contribution in [3.8, 4) is 17.2 Å². The van der Waals surface area contributed by atoms with Gasteiger partial charge in [-0.1, -0.05) is 91.0 Å². The fraction of sp³-hybridized carbons (Fsp3) is 0.158. The van der Waals surface area contributed by atoms with Gasteiger partial charge < -0.3 is 24.3 Å². The molecule has 1 unspecified atom stereocenters. The maximum absolute atomic E-state index is 13.2. The summed E-state index contributed by atoms with van der Waals surface area (Å²) in [5.41, 5.74) is 4.36. The summed E-state index contributed by atoms with van der Waals surface area (Å²) in [6, 6.07) is 41.0. The Morgan fingerprint density at radius 2 is 1.04 bits per heavy atom. The van der Waals surface area contributed by atoms with Crippen molar-refractivity contribution in [3.05, 3.63) is 161 Å². The Balaban J connectivity index is 1.13. The van der Waals surface area contributed by atoms with Crippen molar-refractivity contribution in [1.29, 1.82) is 0 Å². The molecule has 0 spiro atoms. The monoisotopic (exact) mass is 601 g/mol. The number of benzene rings is 5. The van der Waals surface area contributed by atoms with Gasteiger partial charge in [-0.3, -0.25) is 4.79 Å². The lowest BCUT2D eigenvalue weighted by Gasteiger charge is -2.17. The SMILES string of the molecule is COC(=O)C(Cc1ccc(OCc2ccccc2)cc1)NC(=O)c1cccc(OCc2ccc(OCc3ccccc3)cc2)c1. The number of rotatable bonds is 14. The summed E-state index contributed by atoms with van der Waals surface area (Å²) in [6.07, 6.45) is 0.263. The molecule has 5 aromatic rings. The number of nitrogens with one attached hydrogen (secondary N) is 1. The lowest BCUT2D eigenvalue weighted by molar-refractivity contribution is -0.142. The van der Waals surface area contributed by atoms with Crippen LogP contribution in [0.2, 0.25) is 0 Å². The first kappa shape index (κ1) is 30.9. The summed E-state index contributed by atoms with van der Waals surface area (Å²) in [7, 11) is 1.30. The maximum atomic E-state index is 13.2. The lowest BCUT2D eigenvalue weighted by Crippen LogP contribution is -2.43. The zero-order valence-electron chi connectivity index (χ0n) is 25.1. The van der Waals surface area contributed by atoms with Crippen molar-refractivity contribution >= 4 is 11.9 Å². The summed E-state index contributed by atoms with van der Waals surface area (Å²) in [5, 5.41) is 2.81. The zero-order chi connectivity index (χ0) is 31.3. The van der Waals surface area contributed by atoms with Gasteiger partial charge in [0, 0.05) is 12.0 Å². The van der Waals surface area contributed by atoms with E-state index in [-0.39, 0.29) is 6.42 Å². The molecule has 0 aliphatic rings. The second-order valence-corrected chi connectivity index (χ2v) is 10.4. The molecule has 1 atom stereocenters. The molecule has 228 valence electrons. The molecule has 1 N–H and O–H groups in total. The van der Waals surface area contributed by atoms with E-state index in [9.17, 15) is 9.59 Å². The van der Waals surface area contributed by atoms with Gasteiger partial charge in [0.25, 0.3) is 5.91 Å². The Labute approximate surface area is 263 Å². The Morgan fingerprint density at radius 1 is 0.556 bits per heavy atom. The van der Waals surface area contributed by atoms with E-state index in [0.717, 1.165) is 28.0 Å². The fourth-order valence-electron chi connectivity index (χ4n) is 4.59. The Morgan fingerprint density at radius 3 is 1.58 bits per heavy atom. The van der Waals surface area contributed by atoms with Crippen molar-refractivity contribution in [2.75, 3.05) is 7.11 Å². The average molecular weight is 602 g/mol. The van der Waals surface area contributed by atoms with Gasteiger partial charge in [-0.15, -0.1) is 0 Å². The van der Waals surface area contributed by atoms with Gasteiger partial charge in [0.05, 0.1) is 7.11 Å². The van der Waals surface area contributed by atoms with Gasteiger partial charge in [-0.2, -0.15) is 0 Å². The van der Waals surface area contributed by atoms with E-state index in [1.54, 1.807) is 24.3 Å². The molecule has 0 radical (unpaired) electrons. The third kappa shape index (κ3) is 9.46. The fourth-order valence-corrected chi connectivity index (χ4v) is 4.59. The van der Waals surface area contributed by atoms with Gasteiger partial charge >= 0.3 is 5.97 Å². The van der Waals surface area contributed by atoms with Crippen molar-refractivity contribution in [3.63, 3.8) is 0 Å². The first-order chi connectivity index (χ1) is 22.1. The van der Waals surface area contributed by atoms with E-state index < -0.39 is 17.9 Å². The molecule has 7 nitrogen and oxygen atoms in total. The minimum absolute atomic E-state index is 0.263. The highest BCUT2D eigenvalue weighted by Gasteiger charge is 2.23. The third-order valence-corrected chi connectivity index (χ3v) is 7.08. The average Bonchev–Trinajstić information content (AvgIpc) is 3.10. The van der Waals surface area contributed by atoms with E-state index in [4.69, 9.17) is 18.9 Å². The molecule has 0 saturated heterocycles. The molecule has 5 aromatic carbocycles. The van der Waals surface area contributed by atoms with E-state index in [1.165, 1.54) is 7.11 Å². The molecule has 0 aliphatic carbocycles. The number of methoxy groups -OCH3 is 1. The zero-order valence-corrected chi connectivity index (χ0v) is 25.1. The molecule has 0 aliphatic heterocycles. The standard InChI is InChI=1S/C38H35NO6/c1-42-38(41)36(23-28-15-19-33(20-16-28)43-25-29-9-4-2-5-10-29)39-37(40)32-13-8-14-35(24-32)45-27-31-17-21-34(22-18-31)44-26-30-11-6-3-7-12-30/h2-22,24,36H,23,25-27H2,1H3,(H,39,40). The normalized spacial score (nSPS) is 11.2. The lowest BCUT2D eigenvalue weighted by atomic mass is 10.0. The smallest absolute Gasteiger partial charge is 0.328 e. The van der Waals surface area contributed by atoms with Crippen LogP contribution in [-0.2, 0) is 35.8 Å². The first-order valence-corrected chi connectivity index (χ1v) is 14.7. The van der Waals surface area contributed by atoms with Crippen LogP contribution in [0.1, 0.15) is 32.6 Å². The highest BCUT2D eigenvalue weighted by Crippen LogP contribution is 2.19. The summed E-state index contributed by atoms with van der Waals surface area (Å²) in [4.78, 5) is 25.7. The van der Waals surface area contributed by atoms with E-state index in [2.05, 4.69) is 5.32 Å². The molecule has 7 heteroatoms. The number of ether oxygens (including phenoxy) is 4. The van der Waals surface area contributed by atoms with Crippen LogP contribution in [-0.4, -0.2) is 25.0 Å². The molecule has 1 amide bonds. The van der Waals surface area contributed by atoms with Crippen LogP contribution in [0.3, 0.4) is 0 Å². The van der Waals surface area contributed by atoms with Crippen molar-refractivity contribution < 1.29 is 28.5 Å². The molecule has 0 saturated carbocycles. The number of hydrogen-bond donors (Lipinski definition) is 1. The van der Waals surface area contributed by atoms with Crippen molar-refractivity contribution in [2.45, 2.75) is 32.3 Å². The number of carbonyl (C=O) groups excluding carboxylic acids is 2. The first-order valence-electron chi connectivity index (χ1n) is 14.7. The summed E-state index contributed by atoms with van der Waals surface area (Å²) >= 11 is 0. The molecule has 45 heavy (non-hydrogen) atoms.